The molecule has 5 heteroatoms. The Labute approximate surface area is 112 Å². The minimum atomic E-state index is -0.0249. The topological polar surface area (TPSA) is 32.8 Å². The number of nitrogens with zero attached hydrogens (tertiary/aromatic N) is 2. The molecule has 0 aromatic heterocycles. The minimum Gasteiger partial charge on any atom is -0.482 e. The van der Waals surface area contributed by atoms with E-state index in [4.69, 9.17) is 16.3 Å². The third-order valence-electron chi connectivity index (χ3n) is 3.10. The van der Waals surface area contributed by atoms with E-state index in [0.29, 0.717) is 5.88 Å². The maximum absolute atomic E-state index is 11.6. The lowest BCUT2D eigenvalue weighted by Crippen LogP contribution is -2.35. The first-order valence-electron chi connectivity index (χ1n) is 5.94. The van der Waals surface area contributed by atoms with Crippen molar-refractivity contribution in [3.8, 4) is 5.75 Å². The van der Waals surface area contributed by atoms with Gasteiger partial charge in [-0.15, -0.1) is 11.6 Å². The molecule has 0 atom stereocenters. The Bertz CT molecular complexity index is 451. The van der Waals surface area contributed by atoms with E-state index < -0.39 is 0 Å². The molecule has 0 spiro atoms. The summed E-state index contributed by atoms with van der Waals surface area (Å²) >= 11 is 5.69. The van der Waals surface area contributed by atoms with E-state index in [1.807, 2.05) is 25.2 Å². The second kappa shape index (κ2) is 5.48. The predicted molar refractivity (Wildman–Crippen MR) is 74.0 cm³/mol. The molecule has 4 nitrogen and oxygen atoms in total. The number of hydrogen-bond acceptors (Lipinski definition) is 3. The van der Waals surface area contributed by atoms with Crippen LogP contribution in [0.2, 0.25) is 0 Å². The number of alkyl halides is 1. The number of hydrogen-bond donors (Lipinski definition) is 0. The summed E-state index contributed by atoms with van der Waals surface area (Å²) in [7, 11) is 3.78. The maximum Gasteiger partial charge on any atom is 0.264 e. The van der Waals surface area contributed by atoms with Crippen LogP contribution in [0.15, 0.2) is 18.2 Å². The normalized spacial score (nSPS) is 14.2. The van der Waals surface area contributed by atoms with E-state index >= 15 is 0 Å². The Hall–Kier alpha value is -1.42. The van der Waals surface area contributed by atoms with Crippen molar-refractivity contribution in [2.24, 2.45) is 0 Å². The maximum atomic E-state index is 11.6. The zero-order chi connectivity index (χ0) is 13.1. The van der Waals surface area contributed by atoms with E-state index in [0.717, 1.165) is 30.1 Å². The Morgan fingerprint density at radius 3 is 3.00 bits per heavy atom. The molecular formula is C13H17ClN2O2. The van der Waals surface area contributed by atoms with Gasteiger partial charge in [-0.05, 0) is 24.6 Å². The quantitative estimate of drug-likeness (QED) is 0.784. The van der Waals surface area contributed by atoms with Gasteiger partial charge in [0.2, 0.25) is 0 Å². The molecule has 1 aliphatic heterocycles. The first kappa shape index (κ1) is 13.0. The van der Waals surface area contributed by atoms with Crippen LogP contribution in [0, 0.1) is 0 Å². The second-order valence-corrected chi connectivity index (χ2v) is 4.74. The van der Waals surface area contributed by atoms with Crippen molar-refractivity contribution < 1.29 is 9.53 Å². The highest BCUT2D eigenvalue weighted by Crippen LogP contribution is 2.34. The summed E-state index contributed by atoms with van der Waals surface area (Å²) < 4.78 is 5.39. The Morgan fingerprint density at radius 2 is 2.28 bits per heavy atom. The number of amides is 1. The third kappa shape index (κ3) is 2.53. The molecule has 0 N–H and O–H groups in total. The SMILES string of the molecule is CN(CCCCl)c1ccc2c(c1)N(C)C(=O)CO2. The highest BCUT2D eigenvalue weighted by Gasteiger charge is 2.22. The second-order valence-electron chi connectivity index (χ2n) is 4.36. The zero-order valence-corrected chi connectivity index (χ0v) is 11.4. The standard InChI is InChI=1S/C13H17ClN2O2/c1-15(7-3-6-14)10-4-5-12-11(8-10)16(2)13(17)9-18-12/h4-5,8H,3,6-7,9H2,1-2H3. The number of rotatable bonds is 4. The molecular weight excluding hydrogens is 252 g/mol. The van der Waals surface area contributed by atoms with Crippen molar-refractivity contribution in [2.45, 2.75) is 6.42 Å². The van der Waals surface area contributed by atoms with E-state index in [1.54, 1.807) is 11.9 Å². The van der Waals surface area contributed by atoms with Crippen LogP contribution in [0.1, 0.15) is 6.42 Å². The van der Waals surface area contributed by atoms with Crippen molar-refractivity contribution in [2.75, 3.05) is 42.9 Å². The van der Waals surface area contributed by atoms with Gasteiger partial charge in [0.15, 0.2) is 6.61 Å². The Balaban J connectivity index is 2.23. The number of halogens is 1. The molecule has 2 rings (SSSR count). The van der Waals surface area contributed by atoms with Crippen molar-refractivity contribution in [3.63, 3.8) is 0 Å². The average molecular weight is 269 g/mol. The molecule has 0 aliphatic carbocycles. The average Bonchev–Trinajstić information content (AvgIpc) is 2.40. The van der Waals surface area contributed by atoms with Crippen LogP contribution in [0.25, 0.3) is 0 Å². The number of likely N-dealkylation sites (N-methyl/N-ethyl adjacent to an activating group) is 1. The van der Waals surface area contributed by atoms with E-state index in [9.17, 15) is 4.79 Å². The molecule has 1 aromatic rings. The van der Waals surface area contributed by atoms with Gasteiger partial charge in [0.25, 0.3) is 5.91 Å². The fourth-order valence-corrected chi connectivity index (χ4v) is 2.04. The lowest BCUT2D eigenvalue weighted by Gasteiger charge is -2.28. The van der Waals surface area contributed by atoms with Gasteiger partial charge in [-0.25, -0.2) is 0 Å². The van der Waals surface area contributed by atoms with Crippen LogP contribution in [-0.4, -0.2) is 39.0 Å². The lowest BCUT2D eigenvalue weighted by atomic mass is 10.2. The summed E-state index contributed by atoms with van der Waals surface area (Å²) in [5, 5.41) is 0. The molecule has 0 saturated carbocycles. The minimum absolute atomic E-state index is 0.0249. The molecule has 0 saturated heterocycles. The van der Waals surface area contributed by atoms with E-state index in [1.165, 1.54) is 0 Å². The Kier molecular flexibility index (Phi) is 3.97. The summed E-state index contributed by atoms with van der Waals surface area (Å²) in [6, 6.07) is 5.88. The number of anilines is 2. The van der Waals surface area contributed by atoms with Gasteiger partial charge in [-0.3, -0.25) is 4.79 Å². The number of benzene rings is 1. The molecule has 0 radical (unpaired) electrons. The van der Waals surface area contributed by atoms with Gasteiger partial charge in [0.1, 0.15) is 5.75 Å². The molecule has 1 heterocycles. The summed E-state index contributed by atoms with van der Waals surface area (Å²) in [4.78, 5) is 15.3. The Morgan fingerprint density at radius 1 is 1.50 bits per heavy atom. The van der Waals surface area contributed by atoms with Crippen LogP contribution in [-0.2, 0) is 4.79 Å². The van der Waals surface area contributed by atoms with Gasteiger partial charge < -0.3 is 14.5 Å². The zero-order valence-electron chi connectivity index (χ0n) is 10.6. The van der Waals surface area contributed by atoms with Crippen molar-refractivity contribution in [1.29, 1.82) is 0 Å². The lowest BCUT2D eigenvalue weighted by molar-refractivity contribution is -0.120. The van der Waals surface area contributed by atoms with Crippen LogP contribution in [0.3, 0.4) is 0 Å². The highest BCUT2D eigenvalue weighted by atomic mass is 35.5. The van der Waals surface area contributed by atoms with Crippen molar-refractivity contribution in [3.05, 3.63) is 18.2 Å². The van der Waals surface area contributed by atoms with Crippen LogP contribution in [0.4, 0.5) is 11.4 Å². The van der Waals surface area contributed by atoms with Crippen LogP contribution in [0.5, 0.6) is 5.75 Å². The first-order valence-corrected chi connectivity index (χ1v) is 6.47. The van der Waals surface area contributed by atoms with Gasteiger partial charge in [0.05, 0.1) is 5.69 Å². The van der Waals surface area contributed by atoms with Gasteiger partial charge in [0, 0.05) is 32.2 Å². The van der Waals surface area contributed by atoms with Gasteiger partial charge in [-0.1, -0.05) is 0 Å². The monoisotopic (exact) mass is 268 g/mol. The van der Waals surface area contributed by atoms with Crippen molar-refractivity contribution in [1.82, 2.24) is 0 Å². The predicted octanol–water partition coefficient (Wildman–Crippen LogP) is 2.11. The molecule has 0 fully saturated rings. The van der Waals surface area contributed by atoms with Gasteiger partial charge >= 0.3 is 0 Å². The molecule has 1 amide bonds. The first-order chi connectivity index (χ1) is 8.63. The molecule has 98 valence electrons. The molecule has 1 aromatic carbocycles. The summed E-state index contributed by atoms with van der Waals surface area (Å²) in [5.74, 6) is 1.38. The summed E-state index contributed by atoms with van der Waals surface area (Å²) in [6.07, 6.45) is 0.931. The summed E-state index contributed by atoms with van der Waals surface area (Å²) in [5.41, 5.74) is 1.88. The van der Waals surface area contributed by atoms with Crippen LogP contribution >= 0.6 is 11.6 Å². The fraction of sp³-hybridized carbons (Fsp3) is 0.462. The summed E-state index contributed by atoms with van der Waals surface area (Å²) in [6.45, 7) is 1.01. The van der Waals surface area contributed by atoms with E-state index in [2.05, 4.69) is 4.90 Å². The number of carbonyl (C=O) groups is 1. The molecule has 18 heavy (non-hydrogen) atoms. The third-order valence-corrected chi connectivity index (χ3v) is 3.36. The smallest absolute Gasteiger partial charge is 0.264 e. The van der Waals surface area contributed by atoms with Crippen LogP contribution < -0.4 is 14.5 Å². The molecule has 1 aliphatic rings. The number of carbonyl (C=O) groups excluding carboxylic acids is 1. The molecule has 0 bridgehead atoms. The highest BCUT2D eigenvalue weighted by molar-refractivity contribution is 6.17. The number of ether oxygens (including phenoxy) is 1. The molecule has 0 unspecified atom stereocenters. The van der Waals surface area contributed by atoms with E-state index in [-0.39, 0.29) is 12.5 Å². The largest absolute Gasteiger partial charge is 0.482 e. The van der Waals surface area contributed by atoms with Crippen molar-refractivity contribution >= 4 is 28.9 Å². The van der Waals surface area contributed by atoms with Gasteiger partial charge in [-0.2, -0.15) is 0 Å². The number of fused-ring (bicyclic) bond motifs is 1. The fourth-order valence-electron chi connectivity index (χ4n) is 1.92.